The zero-order valence-electron chi connectivity index (χ0n) is 19.5. The number of fused-ring (bicyclic) bond motifs is 1. The Labute approximate surface area is 199 Å². The minimum atomic E-state index is -0.706. The summed E-state index contributed by atoms with van der Waals surface area (Å²) in [6, 6.07) is 22.1. The zero-order valence-corrected chi connectivity index (χ0v) is 19.5. The number of aliphatic hydroxyl groups excluding tert-OH is 1. The summed E-state index contributed by atoms with van der Waals surface area (Å²) >= 11 is 0. The van der Waals surface area contributed by atoms with E-state index in [4.69, 9.17) is 0 Å². The van der Waals surface area contributed by atoms with Crippen LogP contribution >= 0.6 is 0 Å². The summed E-state index contributed by atoms with van der Waals surface area (Å²) in [5.41, 5.74) is 5.60. The molecule has 5 nitrogen and oxygen atoms in total. The summed E-state index contributed by atoms with van der Waals surface area (Å²) in [6.07, 6.45) is 4.29. The molecule has 0 saturated carbocycles. The van der Waals surface area contributed by atoms with Crippen LogP contribution in [0.5, 0.6) is 0 Å². The van der Waals surface area contributed by atoms with Gasteiger partial charge in [0.2, 0.25) is 0 Å². The van der Waals surface area contributed by atoms with Crippen molar-refractivity contribution in [3.05, 3.63) is 101 Å². The van der Waals surface area contributed by atoms with Gasteiger partial charge in [0.1, 0.15) is 5.76 Å². The molecular formula is C29H28N2O3. The number of hydrogen-bond donors (Lipinski definition) is 1. The van der Waals surface area contributed by atoms with Crippen LogP contribution in [0.3, 0.4) is 0 Å². The average molecular weight is 453 g/mol. The fourth-order valence-electron chi connectivity index (χ4n) is 5.00. The number of nitrogens with zero attached hydrogens (tertiary/aromatic N) is 2. The van der Waals surface area contributed by atoms with Crippen molar-refractivity contribution >= 4 is 28.8 Å². The second-order valence-electron chi connectivity index (χ2n) is 9.18. The first-order valence-electron chi connectivity index (χ1n) is 11.7. The molecule has 1 saturated heterocycles. The Morgan fingerprint density at radius 1 is 0.882 bits per heavy atom. The van der Waals surface area contributed by atoms with E-state index in [1.165, 1.54) is 22.4 Å². The maximum absolute atomic E-state index is 13.3. The molecule has 1 heterocycles. The van der Waals surface area contributed by atoms with E-state index in [1.54, 1.807) is 0 Å². The van der Waals surface area contributed by atoms with Crippen molar-refractivity contribution in [2.45, 2.75) is 31.7 Å². The number of aliphatic hydroxyl groups is 1. The number of aryl methyl sites for hydroxylation is 2. The molecule has 0 spiro atoms. The molecule has 1 aliphatic heterocycles. The lowest BCUT2D eigenvalue weighted by atomic mass is 9.88. The Bertz CT molecular complexity index is 1280. The van der Waals surface area contributed by atoms with E-state index in [2.05, 4.69) is 0 Å². The van der Waals surface area contributed by atoms with Crippen LogP contribution in [0.15, 0.2) is 78.4 Å². The molecule has 1 N–H and O–H groups in total. The molecule has 3 aromatic carbocycles. The lowest BCUT2D eigenvalue weighted by Gasteiger charge is -2.26. The van der Waals surface area contributed by atoms with Crippen LogP contribution in [0.4, 0.5) is 11.4 Å². The van der Waals surface area contributed by atoms with Gasteiger partial charge < -0.3 is 10.0 Å². The smallest absolute Gasteiger partial charge is 0.300 e. The number of hydrogen-bond acceptors (Lipinski definition) is 4. The van der Waals surface area contributed by atoms with Gasteiger partial charge in [-0.1, -0.05) is 42.5 Å². The van der Waals surface area contributed by atoms with Crippen LogP contribution in [0.2, 0.25) is 0 Å². The Kier molecular flexibility index (Phi) is 5.70. The van der Waals surface area contributed by atoms with E-state index in [0.29, 0.717) is 11.3 Å². The maximum atomic E-state index is 13.3. The van der Waals surface area contributed by atoms with Gasteiger partial charge in [-0.2, -0.15) is 0 Å². The lowest BCUT2D eigenvalue weighted by molar-refractivity contribution is -0.132. The van der Waals surface area contributed by atoms with Gasteiger partial charge in [-0.15, -0.1) is 0 Å². The number of ketones is 1. The number of benzene rings is 3. The summed E-state index contributed by atoms with van der Waals surface area (Å²) in [5.74, 6) is -1.42. The van der Waals surface area contributed by atoms with Gasteiger partial charge in [-0.3, -0.25) is 14.5 Å². The number of Topliss-reactive ketones (excluding diaryl/α,β-unsaturated/α-hetero) is 1. The summed E-state index contributed by atoms with van der Waals surface area (Å²) < 4.78 is 0. The van der Waals surface area contributed by atoms with Crippen LogP contribution in [0.25, 0.3) is 5.76 Å². The van der Waals surface area contributed by atoms with E-state index >= 15 is 0 Å². The van der Waals surface area contributed by atoms with Gasteiger partial charge in [0.25, 0.3) is 11.7 Å². The van der Waals surface area contributed by atoms with E-state index < -0.39 is 17.7 Å². The summed E-state index contributed by atoms with van der Waals surface area (Å²) in [7, 11) is 3.90. The maximum Gasteiger partial charge on any atom is 0.300 e. The number of rotatable bonds is 4. The molecule has 1 aliphatic carbocycles. The highest BCUT2D eigenvalue weighted by molar-refractivity contribution is 6.51. The molecule has 5 heteroatoms. The third-order valence-electron chi connectivity index (χ3n) is 6.83. The third-order valence-corrected chi connectivity index (χ3v) is 6.83. The van der Waals surface area contributed by atoms with Crippen molar-refractivity contribution < 1.29 is 14.7 Å². The highest BCUT2D eigenvalue weighted by Gasteiger charge is 2.46. The fraction of sp³-hybridized carbons (Fsp3) is 0.241. The lowest BCUT2D eigenvalue weighted by Crippen LogP contribution is -2.29. The van der Waals surface area contributed by atoms with E-state index in [-0.39, 0.29) is 11.3 Å². The monoisotopic (exact) mass is 452 g/mol. The van der Waals surface area contributed by atoms with Gasteiger partial charge in [0, 0.05) is 31.0 Å². The minimum Gasteiger partial charge on any atom is -0.507 e. The highest BCUT2D eigenvalue weighted by Crippen LogP contribution is 2.42. The molecule has 1 amide bonds. The standard InChI is InChI=1S/C29H28N2O3/c1-30(2)23-14-16-24(17-15-23)31-26(20-9-4-3-5-10-20)25(28(33)29(31)34)27(32)22-13-12-19-8-6-7-11-21(19)18-22/h3-5,9-10,12-18,26,32H,6-8,11H2,1-2H3/b27-25-. The van der Waals surface area contributed by atoms with Gasteiger partial charge in [-0.05, 0) is 72.7 Å². The predicted octanol–water partition coefficient (Wildman–Crippen LogP) is 5.26. The van der Waals surface area contributed by atoms with Crippen molar-refractivity contribution in [3.8, 4) is 0 Å². The molecule has 0 bridgehead atoms. The molecule has 1 unspecified atom stereocenters. The molecule has 1 atom stereocenters. The first kappa shape index (κ1) is 22.0. The summed E-state index contributed by atoms with van der Waals surface area (Å²) in [4.78, 5) is 30.1. The second kappa shape index (κ2) is 8.82. The second-order valence-corrected chi connectivity index (χ2v) is 9.18. The SMILES string of the molecule is CN(C)c1ccc(N2C(=O)C(=O)/C(=C(\O)c3ccc4c(c3)CCCC4)C2c2ccccc2)cc1. The number of amides is 1. The Hall–Kier alpha value is -3.86. The zero-order chi connectivity index (χ0) is 23.8. The first-order chi connectivity index (χ1) is 16.5. The highest BCUT2D eigenvalue weighted by atomic mass is 16.3. The largest absolute Gasteiger partial charge is 0.507 e. The first-order valence-corrected chi connectivity index (χ1v) is 11.7. The van der Waals surface area contributed by atoms with Gasteiger partial charge in [-0.25, -0.2) is 0 Å². The van der Waals surface area contributed by atoms with Crippen molar-refractivity contribution in [3.63, 3.8) is 0 Å². The third kappa shape index (κ3) is 3.77. The van der Waals surface area contributed by atoms with Crippen molar-refractivity contribution in [1.82, 2.24) is 0 Å². The quantitative estimate of drug-likeness (QED) is 0.333. The molecule has 172 valence electrons. The van der Waals surface area contributed by atoms with E-state index in [0.717, 1.165) is 30.5 Å². The van der Waals surface area contributed by atoms with Crippen LogP contribution in [0, 0.1) is 0 Å². The normalized spacial score (nSPS) is 19.2. The number of carbonyl (C=O) groups is 2. The molecule has 1 fully saturated rings. The summed E-state index contributed by atoms with van der Waals surface area (Å²) in [5, 5.41) is 11.4. The van der Waals surface area contributed by atoms with Crippen molar-refractivity contribution in [2.75, 3.05) is 23.9 Å². The van der Waals surface area contributed by atoms with Crippen LogP contribution in [0.1, 0.15) is 41.1 Å². The molecule has 0 aromatic heterocycles. The molecule has 34 heavy (non-hydrogen) atoms. The fourth-order valence-corrected chi connectivity index (χ4v) is 5.00. The Balaban J connectivity index is 1.65. The molecular weight excluding hydrogens is 424 g/mol. The van der Waals surface area contributed by atoms with Gasteiger partial charge >= 0.3 is 0 Å². The number of carbonyl (C=O) groups excluding carboxylic acids is 2. The Morgan fingerprint density at radius 3 is 2.24 bits per heavy atom. The molecule has 5 rings (SSSR count). The number of anilines is 2. The average Bonchev–Trinajstić information content (AvgIpc) is 3.14. The Morgan fingerprint density at radius 2 is 1.56 bits per heavy atom. The summed E-state index contributed by atoms with van der Waals surface area (Å²) in [6.45, 7) is 0. The van der Waals surface area contributed by atoms with Crippen molar-refractivity contribution in [1.29, 1.82) is 0 Å². The minimum absolute atomic E-state index is 0.118. The molecule has 0 radical (unpaired) electrons. The van der Waals surface area contributed by atoms with Gasteiger partial charge in [0.05, 0.1) is 11.6 Å². The molecule has 2 aliphatic rings. The van der Waals surface area contributed by atoms with Crippen LogP contribution in [-0.4, -0.2) is 30.9 Å². The topological polar surface area (TPSA) is 60.9 Å². The predicted molar refractivity (Wildman–Crippen MR) is 135 cm³/mol. The van der Waals surface area contributed by atoms with E-state index in [9.17, 15) is 14.7 Å². The van der Waals surface area contributed by atoms with Crippen LogP contribution < -0.4 is 9.80 Å². The molecule has 3 aromatic rings. The van der Waals surface area contributed by atoms with Crippen molar-refractivity contribution in [2.24, 2.45) is 0 Å². The van der Waals surface area contributed by atoms with Gasteiger partial charge in [0.15, 0.2) is 0 Å². The van der Waals surface area contributed by atoms with Crippen LogP contribution in [-0.2, 0) is 22.4 Å². The van der Waals surface area contributed by atoms with E-state index in [1.807, 2.05) is 91.8 Å².